The molecule has 0 spiro atoms. The fourth-order valence-electron chi connectivity index (χ4n) is 2.43. The molecule has 142 valence electrons. The number of aromatic nitrogens is 2. The summed E-state index contributed by atoms with van der Waals surface area (Å²) in [5, 5.41) is 7.34. The molecule has 6 nitrogen and oxygen atoms in total. The summed E-state index contributed by atoms with van der Waals surface area (Å²) in [7, 11) is 2.05. The lowest BCUT2D eigenvalue weighted by Gasteiger charge is -2.22. The van der Waals surface area contributed by atoms with Gasteiger partial charge in [0.2, 0.25) is 5.89 Å². The first kappa shape index (κ1) is 20.4. The number of hydrogen-bond acceptors (Lipinski definition) is 4. The summed E-state index contributed by atoms with van der Waals surface area (Å²) in [5.41, 5.74) is 1.24. The van der Waals surface area contributed by atoms with E-state index in [-0.39, 0.29) is 5.92 Å². The largest absolute Gasteiger partial charge is 0.357 e. The molecule has 0 aliphatic rings. The van der Waals surface area contributed by atoms with Crippen molar-refractivity contribution in [2.45, 2.75) is 46.1 Å². The molecule has 1 aromatic carbocycles. The summed E-state index contributed by atoms with van der Waals surface area (Å²) in [6.07, 6.45) is 1.62. The lowest BCUT2D eigenvalue weighted by atomic mass is 10.2. The summed E-state index contributed by atoms with van der Waals surface area (Å²) in [4.78, 5) is 11.3. The Morgan fingerprint density at radius 1 is 1.31 bits per heavy atom. The maximum atomic E-state index is 5.28. The number of halogens is 1. The molecule has 0 saturated carbocycles. The number of benzene rings is 1. The number of nitrogens with zero attached hydrogens (tertiary/aromatic N) is 4. The van der Waals surface area contributed by atoms with E-state index in [1.165, 1.54) is 5.56 Å². The molecule has 0 saturated heterocycles. The topological polar surface area (TPSA) is 66.5 Å². The second-order valence-electron chi connectivity index (χ2n) is 6.52. The zero-order valence-corrected chi connectivity index (χ0v) is 17.6. The minimum absolute atomic E-state index is 0.290. The Morgan fingerprint density at radius 2 is 2.04 bits per heavy atom. The molecule has 2 rings (SSSR count). The van der Waals surface area contributed by atoms with Crippen LogP contribution in [-0.2, 0) is 13.0 Å². The fraction of sp³-hybridized carbons (Fsp3) is 0.526. The van der Waals surface area contributed by atoms with Crippen molar-refractivity contribution in [3.63, 3.8) is 0 Å². The highest BCUT2D eigenvalue weighted by Crippen LogP contribution is 2.12. The quantitative estimate of drug-likeness (QED) is 0.396. The predicted molar refractivity (Wildman–Crippen MR) is 108 cm³/mol. The van der Waals surface area contributed by atoms with Gasteiger partial charge in [0.25, 0.3) is 0 Å². The Hall–Kier alpha value is -1.89. The summed E-state index contributed by atoms with van der Waals surface area (Å²) >= 11 is 3.47. The van der Waals surface area contributed by atoms with Gasteiger partial charge in [0, 0.05) is 43.5 Å². The van der Waals surface area contributed by atoms with E-state index in [1.807, 2.05) is 0 Å². The van der Waals surface area contributed by atoms with Gasteiger partial charge >= 0.3 is 0 Å². The van der Waals surface area contributed by atoms with Crippen LogP contribution in [0.5, 0.6) is 0 Å². The number of nitrogens with one attached hydrogen (secondary N) is 1. The van der Waals surface area contributed by atoms with Crippen LogP contribution in [0.25, 0.3) is 0 Å². The van der Waals surface area contributed by atoms with Crippen LogP contribution in [0.1, 0.15) is 50.4 Å². The lowest BCUT2D eigenvalue weighted by Crippen LogP contribution is -2.38. The van der Waals surface area contributed by atoms with Crippen LogP contribution in [0.4, 0.5) is 0 Å². The standard InChI is InChI=1S/C19H28BrN5O/c1-5-21-19(25(4)13-15-8-10-16(20)11-9-15)22-12-6-7-17-23-18(14(2)3)24-26-17/h8-11,14H,5-7,12-13H2,1-4H3,(H,21,22). The van der Waals surface area contributed by atoms with Gasteiger partial charge in [-0.3, -0.25) is 4.99 Å². The molecule has 0 amide bonds. The van der Waals surface area contributed by atoms with Crippen molar-refractivity contribution in [2.75, 3.05) is 20.1 Å². The van der Waals surface area contributed by atoms with Crippen molar-refractivity contribution in [2.24, 2.45) is 4.99 Å². The summed E-state index contributed by atoms with van der Waals surface area (Å²) in [6.45, 7) is 8.55. The minimum Gasteiger partial charge on any atom is -0.357 e. The van der Waals surface area contributed by atoms with Crippen LogP contribution < -0.4 is 5.32 Å². The number of guanidine groups is 1. The van der Waals surface area contributed by atoms with E-state index in [2.05, 4.69) is 88.4 Å². The lowest BCUT2D eigenvalue weighted by molar-refractivity contribution is 0.369. The van der Waals surface area contributed by atoms with Crippen molar-refractivity contribution in [1.29, 1.82) is 0 Å². The average molecular weight is 422 g/mol. The zero-order chi connectivity index (χ0) is 18.9. The van der Waals surface area contributed by atoms with Gasteiger partial charge in [-0.1, -0.05) is 47.1 Å². The van der Waals surface area contributed by atoms with E-state index in [1.54, 1.807) is 0 Å². The minimum atomic E-state index is 0.290. The first-order chi connectivity index (χ1) is 12.5. The van der Waals surface area contributed by atoms with Crippen LogP contribution in [0.2, 0.25) is 0 Å². The summed E-state index contributed by atoms with van der Waals surface area (Å²) < 4.78 is 6.37. The van der Waals surface area contributed by atoms with Gasteiger partial charge in [0.1, 0.15) is 0 Å². The molecule has 1 heterocycles. The van der Waals surface area contributed by atoms with Gasteiger partial charge in [-0.05, 0) is 31.0 Å². The second-order valence-corrected chi connectivity index (χ2v) is 7.44. The third-order valence-corrected chi connectivity index (χ3v) is 4.37. The van der Waals surface area contributed by atoms with E-state index in [0.29, 0.717) is 12.4 Å². The van der Waals surface area contributed by atoms with Crippen LogP contribution in [0, 0.1) is 0 Å². The maximum Gasteiger partial charge on any atom is 0.226 e. The smallest absolute Gasteiger partial charge is 0.226 e. The molecule has 0 aliphatic carbocycles. The number of aryl methyl sites for hydroxylation is 1. The molecular weight excluding hydrogens is 394 g/mol. The van der Waals surface area contributed by atoms with E-state index in [4.69, 9.17) is 9.52 Å². The molecule has 0 unspecified atom stereocenters. The Kier molecular flexibility index (Phi) is 8.09. The third kappa shape index (κ3) is 6.44. The third-order valence-electron chi connectivity index (χ3n) is 3.84. The van der Waals surface area contributed by atoms with Crippen LogP contribution in [-0.4, -0.2) is 41.1 Å². The van der Waals surface area contributed by atoms with Crippen molar-refractivity contribution in [3.05, 3.63) is 46.0 Å². The van der Waals surface area contributed by atoms with Crippen molar-refractivity contribution < 1.29 is 4.52 Å². The Labute approximate surface area is 164 Å². The summed E-state index contributed by atoms with van der Waals surface area (Å²) in [5.74, 6) is 2.66. The predicted octanol–water partition coefficient (Wildman–Crippen LogP) is 3.99. The van der Waals surface area contributed by atoms with E-state index >= 15 is 0 Å². The first-order valence-electron chi connectivity index (χ1n) is 9.06. The first-order valence-corrected chi connectivity index (χ1v) is 9.85. The monoisotopic (exact) mass is 421 g/mol. The average Bonchev–Trinajstić information content (AvgIpc) is 3.09. The van der Waals surface area contributed by atoms with Gasteiger partial charge in [-0.2, -0.15) is 4.98 Å². The molecule has 0 atom stereocenters. The van der Waals surface area contributed by atoms with Gasteiger partial charge in [-0.25, -0.2) is 0 Å². The van der Waals surface area contributed by atoms with Crippen LogP contribution in [0.3, 0.4) is 0 Å². The molecule has 26 heavy (non-hydrogen) atoms. The maximum absolute atomic E-state index is 5.28. The number of aliphatic imine (C=N–C) groups is 1. The highest BCUT2D eigenvalue weighted by Gasteiger charge is 2.10. The molecule has 1 N–H and O–H groups in total. The van der Waals surface area contributed by atoms with Crippen LogP contribution in [0.15, 0.2) is 38.3 Å². The van der Waals surface area contributed by atoms with E-state index in [0.717, 1.165) is 42.2 Å². The molecular formula is C19H28BrN5O. The normalized spacial score (nSPS) is 11.8. The Balaban J connectivity index is 1.87. The molecule has 2 aromatic rings. The van der Waals surface area contributed by atoms with Crippen molar-refractivity contribution >= 4 is 21.9 Å². The molecule has 1 aromatic heterocycles. The highest BCUT2D eigenvalue weighted by atomic mass is 79.9. The van der Waals surface area contributed by atoms with Gasteiger partial charge < -0.3 is 14.7 Å². The molecule has 0 radical (unpaired) electrons. The number of rotatable bonds is 8. The van der Waals surface area contributed by atoms with Crippen molar-refractivity contribution in [1.82, 2.24) is 20.4 Å². The van der Waals surface area contributed by atoms with Crippen LogP contribution >= 0.6 is 15.9 Å². The van der Waals surface area contributed by atoms with Gasteiger partial charge in [0.15, 0.2) is 11.8 Å². The molecule has 0 aliphatic heterocycles. The molecule has 7 heteroatoms. The van der Waals surface area contributed by atoms with Gasteiger partial charge in [-0.15, -0.1) is 0 Å². The van der Waals surface area contributed by atoms with E-state index in [9.17, 15) is 0 Å². The Bertz CT molecular complexity index is 696. The Morgan fingerprint density at radius 3 is 2.65 bits per heavy atom. The van der Waals surface area contributed by atoms with Crippen molar-refractivity contribution in [3.8, 4) is 0 Å². The van der Waals surface area contributed by atoms with E-state index < -0.39 is 0 Å². The second kappa shape index (κ2) is 10.3. The zero-order valence-electron chi connectivity index (χ0n) is 16.0. The SMILES string of the molecule is CCNC(=NCCCc1nc(C(C)C)no1)N(C)Cc1ccc(Br)cc1. The molecule has 0 fully saturated rings. The highest BCUT2D eigenvalue weighted by molar-refractivity contribution is 9.10. The van der Waals surface area contributed by atoms with Gasteiger partial charge in [0.05, 0.1) is 0 Å². The number of hydrogen-bond donors (Lipinski definition) is 1. The fourth-order valence-corrected chi connectivity index (χ4v) is 2.69. The molecule has 0 bridgehead atoms. The summed E-state index contributed by atoms with van der Waals surface area (Å²) in [6, 6.07) is 8.35.